The topological polar surface area (TPSA) is 308 Å². The van der Waals surface area contributed by atoms with Crippen LogP contribution >= 0.6 is 0 Å². The Morgan fingerprint density at radius 3 is 1.62 bits per heavy atom. The normalized spacial score (nSPS) is 20.7. The summed E-state index contributed by atoms with van der Waals surface area (Å²) in [6.07, 6.45) is 11.7. The van der Waals surface area contributed by atoms with Gasteiger partial charge < -0.3 is 70.8 Å². The molecule has 4 rings (SSSR count). The molecule has 95 heavy (non-hydrogen) atoms. The number of likely N-dealkylation sites (N-methyl/N-ethyl adjacent to an activating group) is 6. The maximum absolute atomic E-state index is 15.6. The molecular weight excluding hydrogens is 1220 g/mol. The number of nitrogens with zero attached hydrogens (tertiary/aromatic N) is 7. The third-order valence-electron chi connectivity index (χ3n) is 20.4. The van der Waals surface area contributed by atoms with Crippen molar-refractivity contribution in [1.29, 1.82) is 0 Å². The Kier molecular flexibility index (Phi) is 33.0. The maximum atomic E-state index is 15.6. The molecule has 540 valence electrons. The number of rotatable bonds is 35. The highest BCUT2D eigenvalue weighted by atomic mass is 16.3. The van der Waals surface area contributed by atoms with E-state index >= 15 is 14.4 Å². The average Bonchev–Trinajstić information content (AvgIpc) is 1.82. The van der Waals surface area contributed by atoms with Crippen LogP contribution in [-0.4, -0.2) is 246 Å². The Morgan fingerprint density at radius 2 is 1.04 bits per heavy atom. The molecule has 6 N–H and O–H groups in total. The number of aliphatic hydroxyl groups is 1. The second-order valence-corrected chi connectivity index (χ2v) is 29.7. The number of aldehydes is 1. The number of aliphatic hydroxyl groups excluding tert-OH is 1. The van der Waals surface area contributed by atoms with E-state index in [4.69, 9.17) is 0 Å². The lowest BCUT2D eigenvalue weighted by atomic mass is 9.77. The van der Waals surface area contributed by atoms with Crippen LogP contribution in [0.3, 0.4) is 0 Å². The fourth-order valence-electron chi connectivity index (χ4n) is 14.1. The summed E-state index contributed by atoms with van der Waals surface area (Å²) in [6.45, 7) is 20.9. The fourth-order valence-corrected chi connectivity index (χ4v) is 14.1. The molecule has 0 aromatic rings. The summed E-state index contributed by atoms with van der Waals surface area (Å²) in [5.41, 5.74) is 0. The van der Waals surface area contributed by atoms with Crippen molar-refractivity contribution in [2.75, 3.05) is 68.5 Å². The smallest absolute Gasteiger partial charge is 0.245 e. The fraction of sp³-hybridized carbons (Fsp3) is 0.829. The number of piperidine rings is 1. The SMILES string of the molecule is CC(C)C[C@H](NC(=O)[C@H](CC(C)C)N(C)C(=O)[C@H](C)N(C)C(=O)[C@H](NC(=O)CCC(=O)N1CCCCC1)C(C)C)C(=O)N(C)[C@@H](CC1CCCCC1)C(=O)N[C@@H](CC1CNC2CCCCC12)C(=O)N(C)[C@@H](CC(C)C)C(=O)N(C)CC(=O)N(C)[C@@H](C)C(=O)N[C@H](C=O)[C@@H](C)O. The van der Waals surface area contributed by atoms with Crippen molar-refractivity contribution < 1.29 is 62.6 Å². The Labute approximate surface area is 567 Å². The molecule has 13 atom stereocenters. The van der Waals surface area contributed by atoms with Gasteiger partial charge in [0.2, 0.25) is 65.0 Å². The quantitative estimate of drug-likeness (QED) is 0.0492. The molecule has 0 aromatic carbocycles. The number of nitrogens with one attached hydrogen (secondary N) is 5. The van der Waals surface area contributed by atoms with E-state index in [9.17, 15) is 48.3 Å². The molecule has 2 aliphatic carbocycles. The zero-order valence-corrected chi connectivity index (χ0v) is 60.7. The minimum Gasteiger partial charge on any atom is -0.391 e. The van der Waals surface area contributed by atoms with Crippen molar-refractivity contribution in [1.82, 2.24) is 60.9 Å². The van der Waals surface area contributed by atoms with Crippen LogP contribution in [0, 0.1) is 41.4 Å². The van der Waals surface area contributed by atoms with E-state index in [1.165, 1.54) is 73.6 Å². The first-order valence-electron chi connectivity index (χ1n) is 35.5. The summed E-state index contributed by atoms with van der Waals surface area (Å²) >= 11 is 0. The van der Waals surface area contributed by atoms with Crippen molar-refractivity contribution in [3.63, 3.8) is 0 Å². The molecule has 0 aromatic heterocycles. The number of fused-ring (bicyclic) bond motifs is 1. The van der Waals surface area contributed by atoms with Crippen LogP contribution < -0.4 is 26.6 Å². The van der Waals surface area contributed by atoms with Crippen LogP contribution in [0.25, 0.3) is 0 Å². The predicted octanol–water partition coefficient (Wildman–Crippen LogP) is 3.86. The highest BCUT2D eigenvalue weighted by Gasteiger charge is 2.45. The number of carbonyl (C=O) groups excluding carboxylic acids is 12. The van der Waals surface area contributed by atoms with E-state index in [1.54, 1.807) is 32.7 Å². The molecule has 0 bridgehead atoms. The molecule has 2 saturated heterocycles. The minimum atomic E-state index is -1.19. The zero-order valence-electron chi connectivity index (χ0n) is 60.7. The average molecular weight is 1340 g/mol. The van der Waals surface area contributed by atoms with Gasteiger partial charge in [0.25, 0.3) is 0 Å². The van der Waals surface area contributed by atoms with Gasteiger partial charge in [-0.3, -0.25) is 52.7 Å². The Bertz CT molecular complexity index is 2590. The van der Waals surface area contributed by atoms with Crippen molar-refractivity contribution in [2.45, 2.75) is 265 Å². The van der Waals surface area contributed by atoms with Gasteiger partial charge in [0, 0.05) is 74.3 Å². The van der Waals surface area contributed by atoms with Crippen molar-refractivity contribution in [3.05, 3.63) is 0 Å². The summed E-state index contributed by atoms with van der Waals surface area (Å²) in [6, 6.07) is -9.73. The molecule has 25 nitrogen and oxygen atoms in total. The number of amides is 11. The van der Waals surface area contributed by atoms with Crippen molar-refractivity contribution >= 4 is 71.3 Å². The standard InChI is InChI=1S/C70H122N12O13/c1-42(2)34-53(72-64(89)56(35-43(3)4)79(15)66(91)47(10)78(14)70(95)62(45(7)8)75-59(85)30-31-60(86)82-32-24-19-25-33-82)67(92)80(16)57(37-49-26-20-18-21-27-49)65(90)73-54(38-50-39-71-52-29-23-22-28-51(50)52)68(93)81(17)58(36-44(5)6)69(94)76(12)40-61(87)77(13)46(9)63(88)74-55(41-83)48(11)84/h41-58,62,71,84H,18-40H2,1-17H3,(H,72,89)(H,73,90)(H,74,88)(H,75,85)/t46-,47-,48+,50?,51?,52?,53-,54-,55+,56-,57-,58-,62+/m0/s1. The van der Waals surface area contributed by atoms with Crippen LogP contribution in [-0.2, 0) is 57.5 Å². The van der Waals surface area contributed by atoms with Gasteiger partial charge in [-0.25, -0.2) is 0 Å². The van der Waals surface area contributed by atoms with E-state index < -0.39 is 126 Å². The Balaban J connectivity index is 1.63. The summed E-state index contributed by atoms with van der Waals surface area (Å²) in [5.74, 6) is -6.14. The van der Waals surface area contributed by atoms with Crippen LogP contribution in [0.5, 0.6) is 0 Å². The van der Waals surface area contributed by atoms with E-state index in [-0.39, 0.29) is 98.3 Å². The largest absolute Gasteiger partial charge is 0.391 e. The molecule has 25 heteroatoms. The van der Waals surface area contributed by atoms with Crippen molar-refractivity contribution in [3.8, 4) is 0 Å². The summed E-state index contributed by atoms with van der Waals surface area (Å²) in [4.78, 5) is 179. The Hall–Kier alpha value is -6.24. The molecule has 11 amide bonds. The van der Waals surface area contributed by atoms with Gasteiger partial charge in [-0.15, -0.1) is 0 Å². The maximum Gasteiger partial charge on any atom is 0.245 e. The van der Waals surface area contributed by atoms with Gasteiger partial charge in [-0.05, 0) is 133 Å². The zero-order chi connectivity index (χ0) is 71.3. The van der Waals surface area contributed by atoms with Crippen LogP contribution in [0.15, 0.2) is 0 Å². The lowest BCUT2D eigenvalue weighted by molar-refractivity contribution is -0.150. The molecule has 3 unspecified atom stereocenters. The second-order valence-electron chi connectivity index (χ2n) is 29.7. The lowest BCUT2D eigenvalue weighted by Crippen LogP contribution is -2.61. The van der Waals surface area contributed by atoms with Gasteiger partial charge in [0.05, 0.1) is 12.6 Å². The van der Waals surface area contributed by atoms with Crippen LogP contribution in [0.1, 0.15) is 198 Å². The summed E-state index contributed by atoms with van der Waals surface area (Å²) in [7, 11) is 8.88. The summed E-state index contributed by atoms with van der Waals surface area (Å²) in [5, 5.41) is 25.0. The van der Waals surface area contributed by atoms with Gasteiger partial charge in [-0.1, -0.05) is 100 Å². The first kappa shape index (κ1) is 81.2. The van der Waals surface area contributed by atoms with Gasteiger partial charge in [-0.2, -0.15) is 0 Å². The number of hydrogen-bond donors (Lipinski definition) is 6. The highest BCUT2D eigenvalue weighted by molar-refractivity contribution is 5.98. The van der Waals surface area contributed by atoms with Crippen LogP contribution in [0.2, 0.25) is 0 Å². The monoisotopic (exact) mass is 1340 g/mol. The molecule has 0 spiro atoms. The Morgan fingerprint density at radius 1 is 0.516 bits per heavy atom. The molecule has 0 radical (unpaired) electrons. The first-order chi connectivity index (χ1) is 44.6. The van der Waals surface area contributed by atoms with Gasteiger partial charge >= 0.3 is 0 Å². The number of likely N-dealkylation sites (tertiary alicyclic amines) is 1. The van der Waals surface area contributed by atoms with Crippen LogP contribution in [0.4, 0.5) is 0 Å². The molecular formula is C70H122N12O13. The number of carbonyl (C=O) groups is 12. The van der Waals surface area contributed by atoms with E-state index in [0.29, 0.717) is 25.9 Å². The van der Waals surface area contributed by atoms with Crippen molar-refractivity contribution in [2.24, 2.45) is 41.4 Å². The number of hydrogen-bond acceptors (Lipinski definition) is 14. The lowest BCUT2D eigenvalue weighted by Gasteiger charge is -2.38. The predicted molar refractivity (Wildman–Crippen MR) is 363 cm³/mol. The van der Waals surface area contributed by atoms with Gasteiger partial charge in [0.15, 0.2) is 0 Å². The molecule has 4 aliphatic rings. The molecule has 4 fully saturated rings. The first-order valence-corrected chi connectivity index (χ1v) is 35.5. The third-order valence-corrected chi connectivity index (χ3v) is 20.4. The highest BCUT2D eigenvalue weighted by Crippen LogP contribution is 2.38. The van der Waals surface area contributed by atoms with E-state index in [0.717, 1.165) is 81.9 Å². The second kappa shape index (κ2) is 38.6. The minimum absolute atomic E-state index is 0.0148. The molecule has 2 aliphatic heterocycles. The molecule has 2 heterocycles. The van der Waals surface area contributed by atoms with Gasteiger partial charge in [0.1, 0.15) is 60.7 Å². The van der Waals surface area contributed by atoms with E-state index in [2.05, 4.69) is 26.6 Å². The summed E-state index contributed by atoms with van der Waals surface area (Å²) < 4.78 is 0. The third kappa shape index (κ3) is 23.8. The van der Waals surface area contributed by atoms with E-state index in [1.807, 2.05) is 41.5 Å². The molecule has 2 saturated carbocycles.